The number of nitrogens with zero attached hydrogens (tertiary/aromatic N) is 2. The summed E-state index contributed by atoms with van der Waals surface area (Å²) >= 11 is 1.20. The zero-order valence-corrected chi connectivity index (χ0v) is 13.5. The number of carbonyl (C=O) groups excluding carboxylic acids is 2. The van der Waals surface area contributed by atoms with Crippen LogP contribution in [-0.2, 0) is 4.74 Å². The summed E-state index contributed by atoms with van der Waals surface area (Å²) in [6, 6.07) is 11.1. The molecule has 0 fully saturated rings. The van der Waals surface area contributed by atoms with E-state index in [1.807, 2.05) is 30.3 Å². The average molecular weight is 339 g/mol. The van der Waals surface area contributed by atoms with Crippen LogP contribution in [0.4, 0.5) is 5.69 Å². The van der Waals surface area contributed by atoms with Gasteiger partial charge in [-0.3, -0.25) is 4.79 Å². The molecule has 0 aliphatic rings. The first-order valence-corrected chi connectivity index (χ1v) is 7.91. The molecule has 1 aromatic carbocycles. The number of amides is 1. The van der Waals surface area contributed by atoms with Crippen LogP contribution < -0.4 is 5.32 Å². The third-order valence-corrected chi connectivity index (χ3v) is 4.12. The summed E-state index contributed by atoms with van der Waals surface area (Å²) < 4.78 is 4.68. The van der Waals surface area contributed by atoms with Gasteiger partial charge in [0.05, 0.1) is 18.4 Å². The Morgan fingerprint density at radius 2 is 1.79 bits per heavy atom. The van der Waals surface area contributed by atoms with Gasteiger partial charge in [-0.1, -0.05) is 30.3 Å². The Bertz CT molecular complexity index is 860. The summed E-state index contributed by atoms with van der Waals surface area (Å²) in [7, 11) is 1.30. The van der Waals surface area contributed by atoms with Crippen LogP contribution in [0.25, 0.3) is 11.4 Å². The van der Waals surface area contributed by atoms with E-state index in [0.29, 0.717) is 22.0 Å². The molecule has 2 aromatic heterocycles. The number of ether oxygens (including phenoxy) is 1. The van der Waals surface area contributed by atoms with E-state index in [4.69, 9.17) is 0 Å². The Morgan fingerprint density at radius 1 is 1.08 bits per heavy atom. The van der Waals surface area contributed by atoms with Gasteiger partial charge in [-0.25, -0.2) is 14.8 Å². The molecule has 0 unspecified atom stereocenters. The van der Waals surface area contributed by atoms with Crippen molar-refractivity contribution in [2.45, 2.75) is 0 Å². The number of hydrogen-bond acceptors (Lipinski definition) is 6. The normalized spacial score (nSPS) is 10.2. The summed E-state index contributed by atoms with van der Waals surface area (Å²) in [4.78, 5) is 32.7. The number of methoxy groups -OCH3 is 1. The predicted octanol–water partition coefficient (Wildman–Crippen LogP) is 3.24. The lowest BCUT2D eigenvalue weighted by molar-refractivity contribution is 0.0607. The highest BCUT2D eigenvalue weighted by molar-refractivity contribution is 7.12. The molecule has 6 nitrogen and oxygen atoms in total. The van der Waals surface area contributed by atoms with Crippen LogP contribution in [0.2, 0.25) is 0 Å². The van der Waals surface area contributed by atoms with Gasteiger partial charge < -0.3 is 10.1 Å². The van der Waals surface area contributed by atoms with Gasteiger partial charge in [0.25, 0.3) is 5.91 Å². The Hall–Kier alpha value is -3.06. The first-order valence-electron chi connectivity index (χ1n) is 7.03. The van der Waals surface area contributed by atoms with E-state index < -0.39 is 11.9 Å². The van der Waals surface area contributed by atoms with Crippen molar-refractivity contribution >= 4 is 28.9 Å². The first kappa shape index (κ1) is 15.8. The van der Waals surface area contributed by atoms with Gasteiger partial charge in [0.2, 0.25) is 0 Å². The van der Waals surface area contributed by atoms with Crippen LogP contribution in [0.1, 0.15) is 20.0 Å². The largest absolute Gasteiger partial charge is 0.465 e. The molecule has 0 aliphatic heterocycles. The van der Waals surface area contributed by atoms with Crippen LogP contribution in [0.3, 0.4) is 0 Å². The third kappa shape index (κ3) is 3.31. The highest BCUT2D eigenvalue weighted by atomic mass is 32.1. The lowest BCUT2D eigenvalue weighted by Crippen LogP contribution is -2.14. The van der Waals surface area contributed by atoms with Gasteiger partial charge in [-0.05, 0) is 11.4 Å². The number of nitrogens with one attached hydrogen (secondary N) is 1. The molecule has 120 valence electrons. The van der Waals surface area contributed by atoms with Gasteiger partial charge in [0.15, 0.2) is 5.82 Å². The second-order valence-electron chi connectivity index (χ2n) is 4.77. The molecule has 0 atom stereocenters. The number of rotatable bonds is 4. The Morgan fingerprint density at radius 3 is 2.46 bits per heavy atom. The molecule has 1 amide bonds. The van der Waals surface area contributed by atoms with Gasteiger partial charge in [0.1, 0.15) is 4.88 Å². The van der Waals surface area contributed by atoms with Gasteiger partial charge in [-0.2, -0.15) is 0 Å². The minimum atomic E-state index is -0.490. The van der Waals surface area contributed by atoms with E-state index >= 15 is 0 Å². The Kier molecular flexibility index (Phi) is 4.62. The van der Waals surface area contributed by atoms with E-state index in [0.717, 1.165) is 5.56 Å². The van der Waals surface area contributed by atoms with Crippen LogP contribution in [0.5, 0.6) is 0 Å². The van der Waals surface area contributed by atoms with E-state index in [1.54, 1.807) is 11.4 Å². The number of esters is 1. The molecule has 1 N–H and O–H groups in total. The van der Waals surface area contributed by atoms with E-state index in [2.05, 4.69) is 20.0 Å². The SMILES string of the molecule is COC(=O)c1sccc1NC(=O)c1cnc(-c2ccccc2)nc1. The summed E-state index contributed by atoms with van der Waals surface area (Å²) in [5, 5.41) is 4.38. The summed E-state index contributed by atoms with van der Waals surface area (Å²) in [6.45, 7) is 0. The number of benzene rings is 1. The summed E-state index contributed by atoms with van der Waals surface area (Å²) in [5.41, 5.74) is 1.58. The predicted molar refractivity (Wildman–Crippen MR) is 91.1 cm³/mol. The summed E-state index contributed by atoms with van der Waals surface area (Å²) in [6.07, 6.45) is 2.91. The Labute approximate surface area is 142 Å². The smallest absolute Gasteiger partial charge is 0.350 e. The number of hydrogen-bond donors (Lipinski definition) is 1. The maximum Gasteiger partial charge on any atom is 0.350 e. The maximum atomic E-state index is 12.3. The number of anilines is 1. The first-order chi connectivity index (χ1) is 11.7. The van der Waals surface area contributed by atoms with Crippen molar-refractivity contribution < 1.29 is 14.3 Å². The molecule has 0 bridgehead atoms. The van der Waals surface area contributed by atoms with Gasteiger partial charge in [0, 0.05) is 18.0 Å². The van der Waals surface area contributed by atoms with Crippen molar-refractivity contribution in [1.82, 2.24) is 9.97 Å². The standard InChI is InChI=1S/C17H13N3O3S/c1-23-17(22)14-13(7-8-24-14)20-16(21)12-9-18-15(19-10-12)11-5-3-2-4-6-11/h2-10H,1H3,(H,20,21). The number of thiophene rings is 1. The fourth-order valence-corrected chi connectivity index (χ4v) is 2.80. The lowest BCUT2D eigenvalue weighted by Gasteiger charge is -2.06. The van der Waals surface area contributed by atoms with Crippen molar-refractivity contribution in [3.05, 3.63) is 64.6 Å². The fraction of sp³-hybridized carbons (Fsp3) is 0.0588. The molecule has 2 heterocycles. The molecule has 7 heteroatoms. The van der Waals surface area contributed by atoms with Crippen molar-refractivity contribution in [3.63, 3.8) is 0 Å². The van der Waals surface area contributed by atoms with Crippen molar-refractivity contribution in [2.75, 3.05) is 12.4 Å². The van der Waals surface area contributed by atoms with Gasteiger partial charge in [-0.15, -0.1) is 11.3 Å². The summed E-state index contributed by atoms with van der Waals surface area (Å²) in [5.74, 6) is -0.341. The van der Waals surface area contributed by atoms with Crippen LogP contribution >= 0.6 is 11.3 Å². The molecule has 0 spiro atoms. The van der Waals surface area contributed by atoms with E-state index in [9.17, 15) is 9.59 Å². The van der Waals surface area contributed by atoms with Crippen molar-refractivity contribution in [3.8, 4) is 11.4 Å². The van der Waals surface area contributed by atoms with Crippen molar-refractivity contribution in [1.29, 1.82) is 0 Å². The number of aromatic nitrogens is 2. The zero-order chi connectivity index (χ0) is 16.9. The zero-order valence-electron chi connectivity index (χ0n) is 12.7. The second-order valence-corrected chi connectivity index (χ2v) is 5.69. The highest BCUT2D eigenvalue weighted by Gasteiger charge is 2.16. The average Bonchev–Trinajstić information content (AvgIpc) is 3.10. The van der Waals surface area contributed by atoms with Gasteiger partial charge >= 0.3 is 5.97 Å². The van der Waals surface area contributed by atoms with Crippen molar-refractivity contribution in [2.24, 2.45) is 0 Å². The Balaban J connectivity index is 1.77. The third-order valence-electron chi connectivity index (χ3n) is 3.23. The highest BCUT2D eigenvalue weighted by Crippen LogP contribution is 2.23. The maximum absolute atomic E-state index is 12.3. The molecular weight excluding hydrogens is 326 g/mol. The molecule has 0 saturated heterocycles. The lowest BCUT2D eigenvalue weighted by atomic mass is 10.2. The molecule has 0 aliphatic carbocycles. The quantitative estimate of drug-likeness (QED) is 0.738. The van der Waals surface area contributed by atoms with Crippen LogP contribution in [0, 0.1) is 0 Å². The molecule has 0 radical (unpaired) electrons. The monoisotopic (exact) mass is 339 g/mol. The minimum absolute atomic E-state index is 0.302. The molecular formula is C17H13N3O3S. The van der Waals surface area contributed by atoms with Crippen LogP contribution in [0.15, 0.2) is 54.2 Å². The molecule has 3 rings (SSSR count). The number of carbonyl (C=O) groups is 2. The molecule has 3 aromatic rings. The second kappa shape index (κ2) is 7.01. The fourth-order valence-electron chi connectivity index (χ4n) is 2.03. The topological polar surface area (TPSA) is 81.2 Å². The van der Waals surface area contributed by atoms with Crippen LogP contribution in [-0.4, -0.2) is 29.0 Å². The molecule has 0 saturated carbocycles. The van der Waals surface area contributed by atoms with E-state index in [1.165, 1.54) is 30.8 Å². The molecule has 24 heavy (non-hydrogen) atoms. The van der Waals surface area contributed by atoms with E-state index in [-0.39, 0.29) is 0 Å². The minimum Gasteiger partial charge on any atom is -0.465 e.